The van der Waals surface area contributed by atoms with Crippen molar-refractivity contribution in [2.45, 2.75) is 24.7 Å². The van der Waals surface area contributed by atoms with Crippen LogP contribution in [0.1, 0.15) is 18.9 Å². The Labute approximate surface area is 89.8 Å². The lowest BCUT2D eigenvalue weighted by Crippen LogP contribution is -1.97. The van der Waals surface area contributed by atoms with Crippen molar-refractivity contribution in [3.05, 3.63) is 28.8 Å². The molecular formula is C10H13ClO2S. The molecule has 4 heteroatoms. The van der Waals surface area contributed by atoms with E-state index in [1.807, 2.05) is 0 Å². The average Bonchev–Trinajstić information content (AvgIpc) is 2.07. The molecule has 0 saturated heterocycles. The molecule has 0 atom stereocenters. The Morgan fingerprint density at radius 1 is 1.36 bits per heavy atom. The lowest BCUT2D eigenvalue weighted by Gasteiger charge is -2.04. The van der Waals surface area contributed by atoms with Gasteiger partial charge < -0.3 is 0 Å². The van der Waals surface area contributed by atoms with Crippen molar-refractivity contribution >= 4 is 21.4 Å². The summed E-state index contributed by atoms with van der Waals surface area (Å²) in [5.74, 6) is 0. The maximum Gasteiger partial charge on any atom is 0.175 e. The highest BCUT2D eigenvalue weighted by Gasteiger charge is 2.09. The molecule has 0 aliphatic heterocycles. The van der Waals surface area contributed by atoms with Gasteiger partial charge in [0, 0.05) is 11.3 Å². The van der Waals surface area contributed by atoms with E-state index in [9.17, 15) is 8.42 Å². The zero-order chi connectivity index (χ0) is 10.8. The van der Waals surface area contributed by atoms with Gasteiger partial charge in [0.15, 0.2) is 9.84 Å². The summed E-state index contributed by atoms with van der Waals surface area (Å²) in [5.41, 5.74) is 1.00. The topological polar surface area (TPSA) is 34.1 Å². The fourth-order valence-electron chi connectivity index (χ4n) is 1.23. The van der Waals surface area contributed by atoms with E-state index in [1.165, 1.54) is 12.3 Å². The molecular weight excluding hydrogens is 220 g/mol. The van der Waals surface area contributed by atoms with Crippen molar-refractivity contribution in [2.24, 2.45) is 0 Å². The minimum absolute atomic E-state index is 0.280. The van der Waals surface area contributed by atoms with Gasteiger partial charge in [-0.25, -0.2) is 8.42 Å². The third-order valence-corrected chi connectivity index (χ3v) is 3.43. The molecule has 0 heterocycles. The highest BCUT2D eigenvalue weighted by molar-refractivity contribution is 7.90. The minimum atomic E-state index is -3.14. The normalized spacial score (nSPS) is 11.6. The van der Waals surface area contributed by atoms with Crippen LogP contribution in [0.5, 0.6) is 0 Å². The number of halogens is 1. The van der Waals surface area contributed by atoms with Gasteiger partial charge in [0.05, 0.1) is 4.90 Å². The van der Waals surface area contributed by atoms with Gasteiger partial charge in [-0.3, -0.25) is 0 Å². The summed E-state index contributed by atoms with van der Waals surface area (Å²) < 4.78 is 22.4. The quantitative estimate of drug-likeness (QED) is 0.803. The number of benzene rings is 1. The molecule has 0 bridgehead atoms. The highest BCUT2D eigenvalue weighted by Crippen LogP contribution is 2.21. The minimum Gasteiger partial charge on any atom is -0.224 e. The first-order valence-electron chi connectivity index (χ1n) is 4.43. The Bertz CT molecular complexity index is 424. The Kier molecular flexibility index (Phi) is 3.56. The zero-order valence-electron chi connectivity index (χ0n) is 8.25. The van der Waals surface area contributed by atoms with Crippen LogP contribution in [0.15, 0.2) is 23.1 Å². The Hall–Kier alpha value is -0.540. The van der Waals surface area contributed by atoms with Crippen molar-refractivity contribution in [1.82, 2.24) is 0 Å². The van der Waals surface area contributed by atoms with E-state index in [1.54, 1.807) is 12.1 Å². The number of aryl methyl sites for hydroxylation is 1. The van der Waals surface area contributed by atoms with Crippen LogP contribution in [0.3, 0.4) is 0 Å². The van der Waals surface area contributed by atoms with E-state index in [4.69, 9.17) is 11.6 Å². The fourth-order valence-corrected chi connectivity index (χ4v) is 2.22. The van der Waals surface area contributed by atoms with E-state index >= 15 is 0 Å². The molecule has 1 aromatic carbocycles. The molecule has 78 valence electrons. The van der Waals surface area contributed by atoms with E-state index < -0.39 is 9.84 Å². The van der Waals surface area contributed by atoms with E-state index in [-0.39, 0.29) is 4.90 Å². The molecule has 2 nitrogen and oxygen atoms in total. The fraction of sp³-hybridized carbons (Fsp3) is 0.400. The lowest BCUT2D eigenvalue weighted by atomic mass is 10.1. The Balaban J connectivity index is 3.13. The second-order valence-corrected chi connectivity index (χ2v) is 5.70. The molecule has 0 aliphatic rings. The summed E-state index contributed by atoms with van der Waals surface area (Å²) in [5, 5.41) is 0.537. The van der Waals surface area contributed by atoms with Crippen LogP contribution in [0.4, 0.5) is 0 Å². The first-order chi connectivity index (χ1) is 6.45. The predicted molar refractivity (Wildman–Crippen MR) is 58.6 cm³/mol. The number of hydrogen-bond donors (Lipinski definition) is 0. The maximum atomic E-state index is 11.2. The molecule has 0 aliphatic carbocycles. The second-order valence-electron chi connectivity index (χ2n) is 3.28. The Morgan fingerprint density at radius 2 is 2.00 bits per heavy atom. The summed E-state index contributed by atoms with van der Waals surface area (Å²) >= 11 is 5.95. The molecule has 0 amide bonds. The molecule has 0 radical (unpaired) electrons. The van der Waals surface area contributed by atoms with Crippen LogP contribution in [0, 0.1) is 0 Å². The summed E-state index contributed by atoms with van der Waals surface area (Å²) in [4.78, 5) is 0.280. The first kappa shape index (κ1) is 11.5. The average molecular weight is 233 g/mol. The molecule has 1 rings (SSSR count). The number of rotatable bonds is 3. The van der Waals surface area contributed by atoms with Gasteiger partial charge in [0.1, 0.15) is 0 Å². The van der Waals surface area contributed by atoms with Crippen LogP contribution in [-0.4, -0.2) is 14.7 Å². The maximum absolute atomic E-state index is 11.2. The standard InChI is InChI=1S/C10H13ClO2S/c1-3-4-8-5-6-9(7-10(8)11)14(2,12)13/h5-7H,3-4H2,1-2H3. The Morgan fingerprint density at radius 3 is 2.43 bits per heavy atom. The largest absolute Gasteiger partial charge is 0.224 e. The molecule has 0 saturated carbocycles. The number of sulfone groups is 1. The van der Waals surface area contributed by atoms with Crippen LogP contribution in [0.2, 0.25) is 5.02 Å². The molecule has 0 fully saturated rings. The van der Waals surface area contributed by atoms with Gasteiger partial charge in [-0.2, -0.15) is 0 Å². The molecule has 0 aromatic heterocycles. The van der Waals surface area contributed by atoms with Crippen LogP contribution < -0.4 is 0 Å². The number of hydrogen-bond acceptors (Lipinski definition) is 2. The summed E-state index contributed by atoms with van der Waals surface area (Å²) in [6.45, 7) is 2.06. The van der Waals surface area contributed by atoms with Crippen LogP contribution in [0.25, 0.3) is 0 Å². The van der Waals surface area contributed by atoms with Gasteiger partial charge >= 0.3 is 0 Å². The summed E-state index contributed by atoms with van der Waals surface area (Å²) in [6, 6.07) is 4.90. The second kappa shape index (κ2) is 4.32. The van der Waals surface area contributed by atoms with Gasteiger partial charge in [-0.1, -0.05) is 31.0 Å². The van der Waals surface area contributed by atoms with Crippen LogP contribution in [-0.2, 0) is 16.3 Å². The smallest absolute Gasteiger partial charge is 0.175 e. The predicted octanol–water partition coefficient (Wildman–Crippen LogP) is 2.70. The first-order valence-corrected chi connectivity index (χ1v) is 6.70. The van der Waals surface area contributed by atoms with Crippen molar-refractivity contribution < 1.29 is 8.42 Å². The van der Waals surface area contributed by atoms with E-state index in [0.29, 0.717) is 5.02 Å². The zero-order valence-corrected chi connectivity index (χ0v) is 9.82. The molecule has 0 spiro atoms. The monoisotopic (exact) mass is 232 g/mol. The van der Waals surface area contributed by atoms with Gasteiger partial charge in [-0.05, 0) is 24.1 Å². The van der Waals surface area contributed by atoms with Crippen molar-refractivity contribution in [2.75, 3.05) is 6.26 Å². The molecule has 0 unspecified atom stereocenters. The van der Waals surface area contributed by atoms with Crippen molar-refractivity contribution in [3.8, 4) is 0 Å². The SMILES string of the molecule is CCCc1ccc(S(C)(=O)=O)cc1Cl. The lowest BCUT2D eigenvalue weighted by molar-refractivity contribution is 0.602. The molecule has 1 aromatic rings. The molecule has 14 heavy (non-hydrogen) atoms. The van der Waals surface area contributed by atoms with E-state index in [0.717, 1.165) is 18.4 Å². The van der Waals surface area contributed by atoms with Gasteiger partial charge in [0.2, 0.25) is 0 Å². The molecule has 0 N–H and O–H groups in total. The van der Waals surface area contributed by atoms with Gasteiger partial charge in [-0.15, -0.1) is 0 Å². The third-order valence-electron chi connectivity index (χ3n) is 1.97. The highest BCUT2D eigenvalue weighted by atomic mass is 35.5. The summed E-state index contributed by atoms with van der Waals surface area (Å²) in [6.07, 6.45) is 3.05. The van der Waals surface area contributed by atoms with Crippen molar-refractivity contribution in [1.29, 1.82) is 0 Å². The third kappa shape index (κ3) is 2.72. The van der Waals surface area contributed by atoms with Gasteiger partial charge in [0.25, 0.3) is 0 Å². The summed E-state index contributed by atoms with van der Waals surface area (Å²) in [7, 11) is -3.14. The van der Waals surface area contributed by atoms with Crippen molar-refractivity contribution in [3.63, 3.8) is 0 Å². The van der Waals surface area contributed by atoms with Crippen LogP contribution >= 0.6 is 11.6 Å². The van der Waals surface area contributed by atoms with E-state index in [2.05, 4.69) is 6.92 Å².